The minimum Gasteiger partial charge on any atom is -0.0616 e. The number of hydrogen-bond acceptors (Lipinski definition) is 0. The van der Waals surface area contributed by atoms with Crippen molar-refractivity contribution in [3.63, 3.8) is 0 Å². The number of benzene rings is 3. The first-order valence-electron chi connectivity index (χ1n) is 7.90. The first-order valence-corrected chi connectivity index (χ1v) is 7.90. The van der Waals surface area contributed by atoms with Crippen LogP contribution < -0.4 is 0 Å². The van der Waals surface area contributed by atoms with Crippen molar-refractivity contribution in [2.45, 2.75) is 38.5 Å². The maximum absolute atomic E-state index is 2.41. The van der Waals surface area contributed by atoms with E-state index in [4.69, 9.17) is 0 Å². The number of aryl methyl sites for hydroxylation is 4. The fourth-order valence-electron chi connectivity index (χ4n) is 4.52. The van der Waals surface area contributed by atoms with Crippen LogP contribution in [0.1, 0.15) is 35.1 Å². The first kappa shape index (κ1) is 10.9. The summed E-state index contributed by atoms with van der Waals surface area (Å²) in [6.07, 6.45) is 7.72. The maximum atomic E-state index is 2.41. The summed E-state index contributed by atoms with van der Waals surface area (Å²) in [5.41, 5.74) is 6.52. The normalized spacial score (nSPS) is 16.8. The summed E-state index contributed by atoms with van der Waals surface area (Å²) >= 11 is 0. The molecule has 2 bridgehead atoms. The minimum absolute atomic E-state index is 1.24. The summed E-state index contributed by atoms with van der Waals surface area (Å²) in [7, 11) is 0. The van der Waals surface area contributed by atoms with Gasteiger partial charge in [0.1, 0.15) is 0 Å². The van der Waals surface area contributed by atoms with Crippen LogP contribution in [0.3, 0.4) is 0 Å². The van der Waals surface area contributed by atoms with Gasteiger partial charge in [-0.15, -0.1) is 0 Å². The Kier molecular flexibility index (Phi) is 2.10. The predicted octanol–water partition coefficient (Wildman–Crippen LogP) is 4.97. The number of rotatable bonds is 0. The van der Waals surface area contributed by atoms with E-state index in [1.807, 2.05) is 0 Å². The van der Waals surface area contributed by atoms with Crippen molar-refractivity contribution in [3.8, 4) is 0 Å². The zero-order chi connectivity index (χ0) is 13.1. The average Bonchev–Trinajstić information content (AvgIpc) is 2.80. The van der Waals surface area contributed by atoms with Crippen LogP contribution in [0.4, 0.5) is 0 Å². The highest BCUT2D eigenvalue weighted by Gasteiger charge is 2.22. The van der Waals surface area contributed by atoms with Crippen molar-refractivity contribution in [1.82, 2.24) is 0 Å². The lowest BCUT2D eigenvalue weighted by Gasteiger charge is -2.15. The van der Waals surface area contributed by atoms with Crippen LogP contribution in [0.25, 0.3) is 21.5 Å². The molecule has 0 nitrogen and oxygen atoms in total. The fraction of sp³-hybridized carbons (Fsp3) is 0.300. The molecule has 98 valence electrons. The first-order chi connectivity index (χ1) is 9.93. The molecule has 0 N–H and O–H groups in total. The third kappa shape index (κ3) is 1.27. The molecule has 3 aromatic rings. The summed E-state index contributed by atoms with van der Waals surface area (Å²) in [6.45, 7) is 0. The summed E-state index contributed by atoms with van der Waals surface area (Å²) < 4.78 is 0. The van der Waals surface area contributed by atoms with E-state index in [0.717, 1.165) is 0 Å². The predicted molar refractivity (Wildman–Crippen MR) is 85.5 cm³/mol. The monoisotopic (exact) mass is 258 g/mol. The molecule has 0 unspecified atom stereocenters. The van der Waals surface area contributed by atoms with Gasteiger partial charge in [-0.1, -0.05) is 36.4 Å². The minimum atomic E-state index is 1.24. The highest BCUT2D eigenvalue weighted by atomic mass is 14.3. The lowest BCUT2D eigenvalue weighted by atomic mass is 9.89. The van der Waals surface area contributed by atoms with Crippen molar-refractivity contribution in [2.75, 3.05) is 0 Å². The van der Waals surface area contributed by atoms with Crippen LogP contribution in [0.5, 0.6) is 0 Å². The molecular weight excluding hydrogens is 240 g/mol. The van der Waals surface area contributed by atoms with Crippen LogP contribution >= 0.6 is 0 Å². The van der Waals surface area contributed by atoms with Gasteiger partial charge >= 0.3 is 0 Å². The van der Waals surface area contributed by atoms with Gasteiger partial charge < -0.3 is 0 Å². The van der Waals surface area contributed by atoms with E-state index < -0.39 is 0 Å². The van der Waals surface area contributed by atoms with Crippen LogP contribution in [0.2, 0.25) is 0 Å². The zero-order valence-corrected chi connectivity index (χ0v) is 11.7. The molecule has 0 saturated carbocycles. The van der Waals surface area contributed by atoms with Gasteiger partial charge in [-0.2, -0.15) is 0 Å². The molecule has 0 amide bonds. The second-order valence-electron chi connectivity index (χ2n) is 6.34. The molecular formula is C20H18. The molecule has 0 aliphatic heterocycles. The molecule has 0 aromatic heterocycles. The Morgan fingerprint density at radius 3 is 2.15 bits per heavy atom. The van der Waals surface area contributed by atoms with E-state index >= 15 is 0 Å². The molecule has 0 atom stereocenters. The van der Waals surface area contributed by atoms with Gasteiger partial charge in [0.15, 0.2) is 0 Å². The molecule has 0 spiro atoms. The SMILES string of the molecule is c1ccc2c3c4c5c(ccc4c(c2c1)CCC3)CCC5. The average molecular weight is 258 g/mol. The summed E-state index contributed by atoms with van der Waals surface area (Å²) in [6, 6.07) is 13.9. The molecule has 0 heterocycles. The van der Waals surface area contributed by atoms with Gasteiger partial charge in [-0.05, 0) is 82.3 Å². The van der Waals surface area contributed by atoms with Crippen LogP contribution in [-0.4, -0.2) is 0 Å². The third-order valence-electron chi connectivity index (χ3n) is 5.34. The summed E-state index contributed by atoms with van der Waals surface area (Å²) in [4.78, 5) is 0. The molecule has 0 fully saturated rings. The van der Waals surface area contributed by atoms with Crippen LogP contribution in [-0.2, 0) is 25.7 Å². The number of hydrogen-bond donors (Lipinski definition) is 0. The van der Waals surface area contributed by atoms with Crippen molar-refractivity contribution < 1.29 is 0 Å². The van der Waals surface area contributed by atoms with E-state index in [1.54, 1.807) is 33.0 Å². The Hall–Kier alpha value is -1.82. The van der Waals surface area contributed by atoms with E-state index in [1.165, 1.54) is 49.3 Å². The quantitative estimate of drug-likeness (QED) is 0.499. The van der Waals surface area contributed by atoms with Crippen molar-refractivity contribution >= 4 is 21.5 Å². The maximum Gasteiger partial charge on any atom is -0.0108 e. The van der Waals surface area contributed by atoms with Gasteiger partial charge in [-0.3, -0.25) is 0 Å². The summed E-state index contributed by atoms with van der Waals surface area (Å²) in [5, 5.41) is 6.21. The highest BCUT2D eigenvalue weighted by molar-refractivity contribution is 6.08. The Bertz CT molecular complexity index is 855. The second kappa shape index (κ2) is 3.85. The fourth-order valence-corrected chi connectivity index (χ4v) is 4.52. The van der Waals surface area contributed by atoms with E-state index in [0.29, 0.717) is 0 Å². The van der Waals surface area contributed by atoms with Gasteiger partial charge in [0.25, 0.3) is 0 Å². The van der Waals surface area contributed by atoms with Gasteiger partial charge in [0, 0.05) is 0 Å². The van der Waals surface area contributed by atoms with Crippen molar-refractivity contribution in [1.29, 1.82) is 0 Å². The largest absolute Gasteiger partial charge is 0.0616 e. The molecule has 3 aliphatic rings. The molecule has 3 aromatic carbocycles. The van der Waals surface area contributed by atoms with Crippen molar-refractivity contribution in [3.05, 3.63) is 58.7 Å². The Morgan fingerprint density at radius 2 is 1.25 bits per heavy atom. The van der Waals surface area contributed by atoms with Crippen LogP contribution in [0.15, 0.2) is 36.4 Å². The Morgan fingerprint density at radius 1 is 0.550 bits per heavy atom. The van der Waals surface area contributed by atoms with Gasteiger partial charge in [0.05, 0.1) is 0 Å². The standard InChI is InChI=1S/C20H18/c1-2-7-16-15(6-1)17-9-4-10-18(16)20-14-8-3-5-13(14)11-12-19(17)20/h1-2,6-7,11-12H,3-5,8-10H2. The molecule has 6 rings (SSSR count). The van der Waals surface area contributed by atoms with E-state index in [9.17, 15) is 0 Å². The second-order valence-corrected chi connectivity index (χ2v) is 6.34. The lowest BCUT2D eigenvalue weighted by Crippen LogP contribution is -1.94. The molecule has 0 heteroatoms. The van der Waals surface area contributed by atoms with E-state index in [-0.39, 0.29) is 0 Å². The Balaban J connectivity index is 2.09. The molecule has 0 saturated heterocycles. The highest BCUT2D eigenvalue weighted by Crippen LogP contribution is 2.41. The van der Waals surface area contributed by atoms with Gasteiger partial charge in [-0.25, -0.2) is 0 Å². The van der Waals surface area contributed by atoms with E-state index in [2.05, 4.69) is 36.4 Å². The van der Waals surface area contributed by atoms with Crippen molar-refractivity contribution in [2.24, 2.45) is 0 Å². The topological polar surface area (TPSA) is 0 Å². The Labute approximate surface area is 119 Å². The molecule has 0 radical (unpaired) electrons. The van der Waals surface area contributed by atoms with Gasteiger partial charge in [0.2, 0.25) is 0 Å². The summed E-state index contributed by atoms with van der Waals surface area (Å²) in [5.74, 6) is 0. The molecule has 20 heavy (non-hydrogen) atoms. The third-order valence-corrected chi connectivity index (χ3v) is 5.34. The number of fused-ring (bicyclic) bond motifs is 3. The molecule has 3 aliphatic carbocycles. The lowest BCUT2D eigenvalue weighted by molar-refractivity contribution is 0.849. The van der Waals surface area contributed by atoms with Crippen LogP contribution in [0, 0.1) is 0 Å². The smallest absolute Gasteiger partial charge is 0.0108 e. The zero-order valence-electron chi connectivity index (χ0n) is 11.7.